The molecular weight excluding hydrogens is 250 g/mol. The fourth-order valence-electron chi connectivity index (χ4n) is 1.91. The molecule has 0 fully saturated rings. The minimum absolute atomic E-state index is 0.223. The highest BCUT2D eigenvalue weighted by Crippen LogP contribution is 2.22. The molecule has 4 nitrogen and oxygen atoms in total. The van der Waals surface area contributed by atoms with Crippen LogP contribution < -0.4 is 0 Å². The van der Waals surface area contributed by atoms with E-state index in [1.807, 2.05) is 36.4 Å². The zero-order valence-corrected chi connectivity index (χ0v) is 10.7. The Labute approximate surface area is 116 Å². The van der Waals surface area contributed by atoms with Crippen LogP contribution in [-0.4, -0.2) is 21.3 Å². The summed E-state index contributed by atoms with van der Waals surface area (Å²) in [6.07, 6.45) is 5.07. The van der Waals surface area contributed by atoms with Gasteiger partial charge in [-0.3, -0.25) is 4.99 Å². The van der Waals surface area contributed by atoms with Crippen molar-refractivity contribution in [3.63, 3.8) is 0 Å². The van der Waals surface area contributed by atoms with Crippen LogP contribution in [0.4, 0.5) is 5.69 Å². The number of aromatic amines is 1. The van der Waals surface area contributed by atoms with Crippen molar-refractivity contribution in [1.82, 2.24) is 9.97 Å². The predicted octanol–water partition coefficient (Wildman–Crippen LogP) is 3.53. The number of nitrogens with zero attached hydrogens (tertiary/aromatic N) is 2. The normalized spacial score (nSPS) is 11.0. The predicted molar refractivity (Wildman–Crippen MR) is 79.4 cm³/mol. The molecule has 4 heteroatoms. The van der Waals surface area contributed by atoms with Gasteiger partial charge in [-0.05, 0) is 24.3 Å². The minimum Gasteiger partial charge on any atom is -0.507 e. The highest BCUT2D eigenvalue weighted by Gasteiger charge is 2.00. The van der Waals surface area contributed by atoms with Crippen LogP contribution in [0.2, 0.25) is 0 Å². The summed E-state index contributed by atoms with van der Waals surface area (Å²) in [6.45, 7) is 0. The van der Waals surface area contributed by atoms with E-state index in [-0.39, 0.29) is 5.75 Å². The van der Waals surface area contributed by atoms with Gasteiger partial charge in [0, 0.05) is 17.3 Å². The Kier molecular flexibility index (Phi) is 3.29. The number of hydrogen-bond donors (Lipinski definition) is 2. The molecule has 0 amide bonds. The minimum atomic E-state index is 0.223. The smallest absolute Gasteiger partial charge is 0.124 e. The molecule has 0 atom stereocenters. The molecule has 0 radical (unpaired) electrons. The average Bonchev–Trinajstić information content (AvgIpc) is 3.01. The Balaban J connectivity index is 1.89. The summed E-state index contributed by atoms with van der Waals surface area (Å²) in [7, 11) is 0. The number of phenolic OH excluding ortho intramolecular Hbond substituents is 1. The number of imidazole rings is 1. The van der Waals surface area contributed by atoms with E-state index < -0.39 is 0 Å². The summed E-state index contributed by atoms with van der Waals surface area (Å²) < 4.78 is 0. The van der Waals surface area contributed by atoms with E-state index in [2.05, 4.69) is 15.0 Å². The van der Waals surface area contributed by atoms with Crippen LogP contribution in [0, 0.1) is 0 Å². The second-order valence-corrected chi connectivity index (χ2v) is 4.33. The quantitative estimate of drug-likeness (QED) is 0.710. The molecule has 0 saturated heterocycles. The molecule has 1 heterocycles. The summed E-state index contributed by atoms with van der Waals surface area (Å²) in [4.78, 5) is 11.5. The number of hydrogen-bond acceptors (Lipinski definition) is 3. The molecule has 0 aliphatic heterocycles. The van der Waals surface area contributed by atoms with Gasteiger partial charge >= 0.3 is 0 Å². The number of rotatable bonds is 3. The van der Waals surface area contributed by atoms with Crippen molar-refractivity contribution in [3.8, 4) is 17.0 Å². The van der Waals surface area contributed by atoms with Crippen LogP contribution in [-0.2, 0) is 0 Å². The van der Waals surface area contributed by atoms with Gasteiger partial charge in [-0.1, -0.05) is 24.3 Å². The summed E-state index contributed by atoms with van der Waals surface area (Å²) in [6, 6.07) is 14.9. The van der Waals surface area contributed by atoms with Crippen LogP contribution in [0.3, 0.4) is 0 Å². The second-order valence-electron chi connectivity index (χ2n) is 4.33. The Morgan fingerprint density at radius 2 is 2.00 bits per heavy atom. The van der Waals surface area contributed by atoms with Gasteiger partial charge in [0.25, 0.3) is 0 Å². The molecule has 0 unspecified atom stereocenters. The zero-order valence-electron chi connectivity index (χ0n) is 10.7. The number of nitrogens with one attached hydrogen (secondary N) is 1. The van der Waals surface area contributed by atoms with Crippen molar-refractivity contribution in [1.29, 1.82) is 0 Å². The van der Waals surface area contributed by atoms with Crippen LogP contribution in [0.15, 0.2) is 66.0 Å². The van der Waals surface area contributed by atoms with Crippen LogP contribution in [0.1, 0.15) is 5.56 Å². The molecule has 20 heavy (non-hydrogen) atoms. The summed E-state index contributed by atoms with van der Waals surface area (Å²) >= 11 is 0. The van der Waals surface area contributed by atoms with Gasteiger partial charge in [0.05, 0.1) is 23.9 Å². The average molecular weight is 263 g/mol. The van der Waals surface area contributed by atoms with Crippen LogP contribution in [0.5, 0.6) is 5.75 Å². The molecule has 3 rings (SSSR count). The van der Waals surface area contributed by atoms with E-state index in [0.29, 0.717) is 5.56 Å². The first-order valence-electron chi connectivity index (χ1n) is 6.24. The van der Waals surface area contributed by atoms with Crippen LogP contribution >= 0.6 is 0 Å². The van der Waals surface area contributed by atoms with Gasteiger partial charge in [0.15, 0.2) is 0 Å². The first-order chi connectivity index (χ1) is 9.83. The third-order valence-corrected chi connectivity index (χ3v) is 2.94. The lowest BCUT2D eigenvalue weighted by atomic mass is 10.1. The molecule has 0 aliphatic rings. The lowest BCUT2D eigenvalue weighted by Gasteiger charge is -2.00. The van der Waals surface area contributed by atoms with E-state index in [1.54, 1.807) is 30.9 Å². The standard InChI is InChI=1S/C16H13N3O/c20-16-7-2-1-4-13(16)9-18-14-6-3-5-12(8-14)15-10-17-11-19-15/h1-11,20H,(H,17,19). The van der Waals surface area contributed by atoms with E-state index in [4.69, 9.17) is 0 Å². The number of aromatic hydroxyl groups is 1. The topological polar surface area (TPSA) is 61.3 Å². The number of aromatic nitrogens is 2. The number of H-pyrrole nitrogens is 1. The maximum Gasteiger partial charge on any atom is 0.124 e. The Hall–Kier alpha value is -2.88. The van der Waals surface area contributed by atoms with Crippen molar-refractivity contribution in [2.45, 2.75) is 0 Å². The third kappa shape index (κ3) is 2.59. The van der Waals surface area contributed by atoms with Gasteiger partial charge < -0.3 is 10.1 Å². The zero-order chi connectivity index (χ0) is 13.8. The van der Waals surface area contributed by atoms with E-state index in [0.717, 1.165) is 16.9 Å². The molecule has 0 saturated carbocycles. The maximum atomic E-state index is 9.69. The van der Waals surface area contributed by atoms with Gasteiger partial charge in [-0.2, -0.15) is 0 Å². The Bertz CT molecular complexity index is 733. The molecule has 2 aromatic carbocycles. The van der Waals surface area contributed by atoms with E-state index in [1.165, 1.54) is 0 Å². The van der Waals surface area contributed by atoms with Crippen molar-refractivity contribution >= 4 is 11.9 Å². The monoisotopic (exact) mass is 263 g/mol. The number of aliphatic imine (C=N–C) groups is 1. The lowest BCUT2D eigenvalue weighted by molar-refractivity contribution is 0.474. The number of phenols is 1. The highest BCUT2D eigenvalue weighted by atomic mass is 16.3. The second kappa shape index (κ2) is 5.40. The molecule has 1 aromatic heterocycles. The van der Waals surface area contributed by atoms with Crippen LogP contribution in [0.25, 0.3) is 11.3 Å². The Morgan fingerprint density at radius 3 is 2.80 bits per heavy atom. The van der Waals surface area contributed by atoms with E-state index >= 15 is 0 Å². The fraction of sp³-hybridized carbons (Fsp3) is 0. The van der Waals surface area contributed by atoms with Gasteiger partial charge in [0.2, 0.25) is 0 Å². The molecule has 98 valence electrons. The SMILES string of the molecule is Oc1ccccc1C=Nc1cccc(-c2cnc[nH]2)c1. The molecular formula is C16H13N3O. The number of para-hydroxylation sites is 1. The number of benzene rings is 2. The lowest BCUT2D eigenvalue weighted by Crippen LogP contribution is -1.81. The first kappa shape index (κ1) is 12.2. The largest absolute Gasteiger partial charge is 0.507 e. The molecule has 0 aliphatic carbocycles. The summed E-state index contributed by atoms with van der Waals surface area (Å²) in [5.74, 6) is 0.223. The van der Waals surface area contributed by atoms with Crippen molar-refractivity contribution in [2.24, 2.45) is 4.99 Å². The maximum absolute atomic E-state index is 9.69. The van der Waals surface area contributed by atoms with Gasteiger partial charge in [-0.25, -0.2) is 4.98 Å². The van der Waals surface area contributed by atoms with Crippen molar-refractivity contribution in [3.05, 3.63) is 66.6 Å². The van der Waals surface area contributed by atoms with Crippen molar-refractivity contribution in [2.75, 3.05) is 0 Å². The molecule has 2 N–H and O–H groups in total. The Morgan fingerprint density at radius 1 is 1.10 bits per heavy atom. The molecule has 3 aromatic rings. The first-order valence-corrected chi connectivity index (χ1v) is 6.24. The molecule has 0 bridgehead atoms. The highest BCUT2D eigenvalue weighted by molar-refractivity contribution is 5.85. The van der Waals surface area contributed by atoms with Crippen molar-refractivity contribution < 1.29 is 5.11 Å². The fourth-order valence-corrected chi connectivity index (χ4v) is 1.91. The van der Waals surface area contributed by atoms with E-state index in [9.17, 15) is 5.11 Å². The van der Waals surface area contributed by atoms with Gasteiger partial charge in [0.1, 0.15) is 5.75 Å². The third-order valence-electron chi connectivity index (χ3n) is 2.94. The summed E-state index contributed by atoms with van der Waals surface area (Å²) in [5, 5.41) is 9.69. The van der Waals surface area contributed by atoms with Gasteiger partial charge in [-0.15, -0.1) is 0 Å². The molecule has 0 spiro atoms. The summed E-state index contributed by atoms with van der Waals surface area (Å²) in [5.41, 5.74) is 3.49.